The number of hydrogen-bond donors (Lipinski definition) is 4. The highest BCUT2D eigenvalue weighted by molar-refractivity contribution is 6.03. The Kier molecular flexibility index (Phi) is 16.9. The molecule has 1 aliphatic rings. The highest BCUT2D eigenvalue weighted by atomic mass is 16.4. The summed E-state index contributed by atoms with van der Waals surface area (Å²) in [6.45, 7) is 2.96. The Morgan fingerprint density at radius 1 is 0.696 bits per heavy atom. The van der Waals surface area contributed by atoms with E-state index in [-0.39, 0.29) is 11.9 Å². The van der Waals surface area contributed by atoms with Gasteiger partial charge < -0.3 is 20.2 Å². The van der Waals surface area contributed by atoms with E-state index in [1.807, 2.05) is 78.9 Å². The Hall–Kier alpha value is -5.57. The zero-order valence-corrected chi connectivity index (χ0v) is 32.8. The van der Waals surface area contributed by atoms with Crippen LogP contribution in [-0.2, 0) is 14.4 Å². The van der Waals surface area contributed by atoms with Crippen molar-refractivity contribution < 1.29 is 19.5 Å². The third-order valence-electron chi connectivity index (χ3n) is 10.2. The predicted molar refractivity (Wildman–Crippen MR) is 228 cm³/mol. The van der Waals surface area contributed by atoms with E-state index in [1.54, 1.807) is 12.2 Å². The maximum Gasteiger partial charge on any atom is 0.328 e. The van der Waals surface area contributed by atoms with Crippen LogP contribution in [-0.4, -0.2) is 51.5 Å². The first-order chi connectivity index (χ1) is 27.4. The summed E-state index contributed by atoms with van der Waals surface area (Å²) in [4.78, 5) is 43.3. The van der Waals surface area contributed by atoms with Gasteiger partial charge in [-0.25, -0.2) is 9.78 Å². The number of carbonyl (C=O) groups is 3. The fourth-order valence-electron chi connectivity index (χ4n) is 6.91. The van der Waals surface area contributed by atoms with Crippen molar-refractivity contribution in [3.63, 3.8) is 0 Å². The number of rotatable bonds is 24. The van der Waals surface area contributed by atoms with E-state index >= 15 is 0 Å². The van der Waals surface area contributed by atoms with Crippen LogP contribution in [0.5, 0.6) is 0 Å². The minimum Gasteiger partial charge on any atom is -0.478 e. The second-order valence-corrected chi connectivity index (χ2v) is 14.7. The number of hydrogen-bond acceptors (Lipinski definition) is 6. The predicted octanol–water partition coefficient (Wildman–Crippen LogP) is 10.4. The van der Waals surface area contributed by atoms with Gasteiger partial charge in [0.25, 0.3) is 0 Å². The number of carboxylic acid groups (broad SMARTS) is 1. The number of aliphatic carboxylic acids is 1. The molecule has 0 spiro atoms. The van der Waals surface area contributed by atoms with E-state index in [2.05, 4.69) is 27.8 Å². The molecule has 4 N–H and O–H groups in total. The molecule has 0 saturated carbocycles. The van der Waals surface area contributed by atoms with Crippen molar-refractivity contribution >= 4 is 36.0 Å². The SMILES string of the molecule is CCCCCCCCCCCCCCCCNC(=O)/C=C/c1ccc(-c2nc(-c3ccc(C4=NNC(C=O)C4)cc3)[nH]c2-c2ccc(/C=C/C(=O)O)cc2)cc1. The molecule has 1 aromatic heterocycles. The number of benzene rings is 3. The molecule has 4 aromatic rings. The summed E-state index contributed by atoms with van der Waals surface area (Å²) in [7, 11) is 0. The Bertz CT molecular complexity index is 1920. The summed E-state index contributed by atoms with van der Waals surface area (Å²) in [6, 6.07) is 23.2. The number of H-pyrrole nitrogens is 1. The van der Waals surface area contributed by atoms with Crippen molar-refractivity contribution in [1.29, 1.82) is 0 Å². The van der Waals surface area contributed by atoms with E-state index < -0.39 is 5.97 Å². The Morgan fingerprint density at radius 3 is 1.77 bits per heavy atom. The fraction of sp³-hybridized carbons (Fsp3) is 0.383. The van der Waals surface area contributed by atoms with Crippen LogP contribution in [0.25, 0.3) is 46.1 Å². The van der Waals surface area contributed by atoms with Gasteiger partial charge in [-0.2, -0.15) is 5.10 Å². The molecule has 1 aliphatic heterocycles. The number of imidazole rings is 1. The maximum atomic E-state index is 12.5. The smallest absolute Gasteiger partial charge is 0.328 e. The molecule has 3 aromatic carbocycles. The van der Waals surface area contributed by atoms with Crippen LogP contribution in [0.15, 0.2) is 90.0 Å². The van der Waals surface area contributed by atoms with Crippen molar-refractivity contribution in [2.45, 2.75) is 109 Å². The van der Waals surface area contributed by atoms with Crippen molar-refractivity contribution in [1.82, 2.24) is 20.7 Å². The molecule has 5 rings (SSSR count). The first-order valence-electron chi connectivity index (χ1n) is 20.5. The molecule has 294 valence electrons. The van der Waals surface area contributed by atoms with Gasteiger partial charge in [0, 0.05) is 41.8 Å². The van der Waals surface area contributed by atoms with Crippen LogP contribution in [0.4, 0.5) is 0 Å². The lowest BCUT2D eigenvalue weighted by Gasteiger charge is -2.05. The molecule has 1 amide bonds. The van der Waals surface area contributed by atoms with Gasteiger partial charge in [-0.1, -0.05) is 163 Å². The number of nitrogens with zero attached hydrogens (tertiary/aromatic N) is 2. The monoisotopic (exact) mass is 755 g/mol. The van der Waals surface area contributed by atoms with Gasteiger partial charge in [0.15, 0.2) is 0 Å². The summed E-state index contributed by atoms with van der Waals surface area (Å²) >= 11 is 0. The Labute approximate surface area is 331 Å². The van der Waals surface area contributed by atoms with Crippen LogP contribution in [0, 0.1) is 0 Å². The Balaban J connectivity index is 1.14. The number of aromatic amines is 1. The van der Waals surface area contributed by atoms with Crippen molar-refractivity contribution in [3.8, 4) is 33.9 Å². The normalized spacial score (nSPS) is 13.9. The average molecular weight is 756 g/mol. The molecule has 1 atom stereocenters. The highest BCUT2D eigenvalue weighted by Crippen LogP contribution is 2.34. The van der Waals surface area contributed by atoms with Crippen LogP contribution >= 0.6 is 0 Å². The van der Waals surface area contributed by atoms with Gasteiger partial charge in [0.2, 0.25) is 5.91 Å². The fourth-order valence-corrected chi connectivity index (χ4v) is 6.91. The number of amides is 1. The van der Waals surface area contributed by atoms with Gasteiger partial charge in [-0.05, 0) is 35.3 Å². The molecule has 2 heterocycles. The zero-order chi connectivity index (χ0) is 39.4. The van der Waals surface area contributed by atoms with Gasteiger partial charge >= 0.3 is 5.97 Å². The second kappa shape index (κ2) is 22.7. The molecule has 0 aliphatic carbocycles. The van der Waals surface area contributed by atoms with Crippen molar-refractivity contribution in [3.05, 3.63) is 102 Å². The Morgan fingerprint density at radius 2 is 1.21 bits per heavy atom. The molecule has 9 nitrogen and oxygen atoms in total. The highest BCUT2D eigenvalue weighted by Gasteiger charge is 2.20. The van der Waals surface area contributed by atoms with E-state index in [1.165, 1.54) is 77.0 Å². The molecular formula is C47H57N5O4. The second-order valence-electron chi connectivity index (χ2n) is 14.7. The lowest BCUT2D eigenvalue weighted by molar-refractivity contribution is -0.131. The number of aromatic nitrogens is 2. The van der Waals surface area contributed by atoms with E-state index in [4.69, 9.17) is 10.1 Å². The van der Waals surface area contributed by atoms with E-state index in [0.29, 0.717) is 18.8 Å². The molecule has 9 heteroatoms. The summed E-state index contributed by atoms with van der Waals surface area (Å²) in [5.41, 5.74) is 10.6. The van der Waals surface area contributed by atoms with Crippen molar-refractivity contribution in [2.75, 3.05) is 6.54 Å². The molecular weight excluding hydrogens is 699 g/mol. The zero-order valence-electron chi connectivity index (χ0n) is 32.8. The first kappa shape index (κ1) is 41.6. The standard InChI is InChI=1S/C47H57N5O4/c1-2-3-4-5-6-7-8-9-10-11-12-13-14-15-32-48-43(54)30-20-35-16-22-38(23-17-35)45-46(39-24-18-36(19-25-39)21-31-44(55)56)50-47(49-45)40-28-26-37(27-29-40)42-33-41(34-53)51-52-42/h16-31,34,41,51H,2-15,32-33H2,1H3,(H,48,54)(H,49,50)(H,55,56)/b30-20+,31-21+. The maximum absolute atomic E-state index is 12.5. The summed E-state index contributed by atoms with van der Waals surface area (Å²) in [5.74, 6) is -0.400. The average Bonchev–Trinajstić information content (AvgIpc) is 3.90. The molecule has 0 fully saturated rings. The topological polar surface area (TPSA) is 137 Å². The van der Waals surface area contributed by atoms with Crippen LogP contribution in [0.1, 0.15) is 120 Å². The minimum absolute atomic E-state index is 0.0875. The number of carboxylic acids is 1. The third-order valence-corrected chi connectivity index (χ3v) is 10.2. The summed E-state index contributed by atoms with van der Waals surface area (Å²) in [5, 5.41) is 16.4. The lowest BCUT2D eigenvalue weighted by atomic mass is 10.0. The van der Waals surface area contributed by atoms with Gasteiger partial charge in [-0.3, -0.25) is 10.2 Å². The summed E-state index contributed by atoms with van der Waals surface area (Å²) in [6.07, 6.45) is 25.9. The van der Waals surface area contributed by atoms with Gasteiger partial charge in [0.1, 0.15) is 18.2 Å². The number of carbonyl (C=O) groups excluding carboxylic acids is 2. The number of aldehydes is 1. The molecule has 0 saturated heterocycles. The molecule has 0 bridgehead atoms. The van der Waals surface area contributed by atoms with E-state index in [9.17, 15) is 14.4 Å². The summed E-state index contributed by atoms with van der Waals surface area (Å²) < 4.78 is 0. The van der Waals surface area contributed by atoms with Crippen molar-refractivity contribution in [2.24, 2.45) is 5.10 Å². The minimum atomic E-state index is -1.00. The lowest BCUT2D eigenvalue weighted by Crippen LogP contribution is -2.21. The van der Waals surface area contributed by atoms with Crippen LogP contribution in [0.2, 0.25) is 0 Å². The van der Waals surface area contributed by atoms with Crippen LogP contribution < -0.4 is 10.7 Å². The largest absolute Gasteiger partial charge is 0.478 e. The van der Waals surface area contributed by atoms with Gasteiger partial charge in [-0.15, -0.1) is 0 Å². The van der Waals surface area contributed by atoms with Gasteiger partial charge in [0.05, 0.1) is 17.1 Å². The number of nitrogens with one attached hydrogen (secondary N) is 3. The molecule has 56 heavy (non-hydrogen) atoms. The third kappa shape index (κ3) is 13.3. The number of unbranched alkanes of at least 4 members (excludes halogenated alkanes) is 13. The van der Waals surface area contributed by atoms with Crippen LogP contribution in [0.3, 0.4) is 0 Å². The van der Waals surface area contributed by atoms with E-state index in [0.717, 1.165) is 75.7 Å². The number of hydrazone groups is 1. The molecule has 0 radical (unpaired) electrons. The molecule has 1 unspecified atom stereocenters. The quantitative estimate of drug-likeness (QED) is 0.0319. The first-order valence-corrected chi connectivity index (χ1v) is 20.5.